The quantitative estimate of drug-likeness (QED) is 0.827. The summed E-state index contributed by atoms with van der Waals surface area (Å²) in [4.78, 5) is 18.8. The first-order chi connectivity index (χ1) is 11.5. The molecule has 0 radical (unpaired) electrons. The maximum Gasteiger partial charge on any atom is 0.219 e. The summed E-state index contributed by atoms with van der Waals surface area (Å²) in [6.07, 6.45) is 6.86. The number of hydrogen-bond donors (Lipinski definition) is 1. The number of aliphatic hydroxyl groups is 1. The highest BCUT2D eigenvalue weighted by Crippen LogP contribution is 2.30. The van der Waals surface area contributed by atoms with E-state index in [9.17, 15) is 9.90 Å². The van der Waals surface area contributed by atoms with Gasteiger partial charge in [-0.15, -0.1) is 0 Å². The number of hydrogen-bond acceptors (Lipinski definition) is 4. The van der Waals surface area contributed by atoms with Gasteiger partial charge in [-0.1, -0.05) is 6.92 Å². The SMILES string of the molecule is CC(=O)N1CCCC1C1CCCN1CC(O)CN1CCC(C)CC1. The summed E-state index contributed by atoms with van der Waals surface area (Å²) in [7, 11) is 0. The van der Waals surface area contributed by atoms with Gasteiger partial charge in [0, 0.05) is 38.6 Å². The fourth-order valence-corrected chi connectivity index (χ4v) is 4.97. The zero-order valence-corrected chi connectivity index (χ0v) is 15.5. The number of carbonyl (C=O) groups is 1. The van der Waals surface area contributed by atoms with E-state index in [2.05, 4.69) is 21.6 Å². The maximum absolute atomic E-state index is 11.9. The van der Waals surface area contributed by atoms with Crippen LogP contribution in [-0.2, 0) is 4.79 Å². The van der Waals surface area contributed by atoms with Crippen molar-refractivity contribution in [3.63, 3.8) is 0 Å². The molecule has 5 nitrogen and oxygen atoms in total. The van der Waals surface area contributed by atoms with E-state index in [0.29, 0.717) is 12.1 Å². The minimum atomic E-state index is -0.272. The van der Waals surface area contributed by atoms with Crippen LogP contribution in [0.3, 0.4) is 0 Å². The van der Waals surface area contributed by atoms with E-state index >= 15 is 0 Å². The lowest BCUT2D eigenvalue weighted by Gasteiger charge is -2.37. The van der Waals surface area contributed by atoms with Crippen molar-refractivity contribution in [3.8, 4) is 0 Å². The van der Waals surface area contributed by atoms with Crippen LogP contribution in [0.25, 0.3) is 0 Å². The Balaban J connectivity index is 1.51. The van der Waals surface area contributed by atoms with Gasteiger partial charge in [0.15, 0.2) is 0 Å². The third kappa shape index (κ3) is 4.30. The van der Waals surface area contributed by atoms with Crippen molar-refractivity contribution >= 4 is 5.91 Å². The van der Waals surface area contributed by atoms with Gasteiger partial charge >= 0.3 is 0 Å². The average Bonchev–Trinajstić information content (AvgIpc) is 3.17. The lowest BCUT2D eigenvalue weighted by atomic mass is 9.99. The van der Waals surface area contributed by atoms with Gasteiger partial charge in [0.2, 0.25) is 5.91 Å². The second-order valence-electron chi connectivity index (χ2n) is 8.26. The molecule has 0 saturated carbocycles. The third-order valence-corrected chi connectivity index (χ3v) is 6.35. The molecular formula is C19H35N3O2. The van der Waals surface area contributed by atoms with E-state index in [0.717, 1.165) is 58.0 Å². The number of nitrogens with zero attached hydrogens (tertiary/aromatic N) is 3. The molecular weight excluding hydrogens is 302 g/mol. The Hall–Kier alpha value is -0.650. The normalized spacial score (nSPS) is 31.7. The minimum Gasteiger partial charge on any atom is -0.390 e. The number of rotatable bonds is 5. The Labute approximate surface area is 147 Å². The van der Waals surface area contributed by atoms with Crippen molar-refractivity contribution in [1.82, 2.24) is 14.7 Å². The van der Waals surface area contributed by atoms with Gasteiger partial charge in [-0.05, 0) is 64.1 Å². The average molecular weight is 338 g/mol. The van der Waals surface area contributed by atoms with Gasteiger partial charge in [-0.25, -0.2) is 0 Å². The van der Waals surface area contributed by atoms with Gasteiger partial charge in [0.1, 0.15) is 0 Å². The van der Waals surface area contributed by atoms with Crippen LogP contribution in [0.1, 0.15) is 52.4 Å². The Morgan fingerprint density at radius 2 is 1.67 bits per heavy atom. The number of β-amino-alcohol motifs (C(OH)–C–C–N with tert-alkyl or cyclic N) is 1. The Bertz CT molecular complexity index is 423. The molecule has 3 fully saturated rings. The zero-order valence-electron chi connectivity index (χ0n) is 15.5. The minimum absolute atomic E-state index is 0.215. The van der Waals surface area contributed by atoms with Crippen LogP contribution < -0.4 is 0 Å². The highest BCUT2D eigenvalue weighted by molar-refractivity contribution is 5.74. The second-order valence-corrected chi connectivity index (χ2v) is 8.26. The van der Waals surface area contributed by atoms with Crippen molar-refractivity contribution < 1.29 is 9.90 Å². The van der Waals surface area contributed by atoms with E-state index in [1.807, 2.05) is 0 Å². The molecule has 3 rings (SSSR count). The van der Waals surface area contributed by atoms with E-state index in [-0.39, 0.29) is 12.0 Å². The van der Waals surface area contributed by atoms with Crippen LogP contribution in [0.5, 0.6) is 0 Å². The van der Waals surface area contributed by atoms with E-state index in [4.69, 9.17) is 0 Å². The van der Waals surface area contributed by atoms with Crippen LogP contribution in [0, 0.1) is 5.92 Å². The Morgan fingerprint density at radius 1 is 1.00 bits per heavy atom. The van der Waals surface area contributed by atoms with Gasteiger partial charge in [-0.3, -0.25) is 9.69 Å². The number of amides is 1. The highest BCUT2D eigenvalue weighted by Gasteiger charge is 2.39. The van der Waals surface area contributed by atoms with Crippen LogP contribution in [0.4, 0.5) is 0 Å². The molecule has 0 aliphatic carbocycles. The summed E-state index contributed by atoms with van der Waals surface area (Å²) in [6.45, 7) is 9.83. The first-order valence-corrected chi connectivity index (χ1v) is 9.96. The molecule has 0 aromatic rings. The third-order valence-electron chi connectivity index (χ3n) is 6.35. The monoisotopic (exact) mass is 337 g/mol. The Kier molecular flexibility index (Phi) is 6.17. The van der Waals surface area contributed by atoms with Crippen molar-refractivity contribution in [2.24, 2.45) is 5.92 Å². The fraction of sp³-hybridized carbons (Fsp3) is 0.947. The van der Waals surface area contributed by atoms with Crippen LogP contribution in [0.15, 0.2) is 0 Å². The molecule has 5 heteroatoms. The molecule has 0 aromatic carbocycles. The van der Waals surface area contributed by atoms with Crippen LogP contribution in [-0.4, -0.2) is 83.2 Å². The molecule has 3 unspecified atom stereocenters. The second kappa shape index (κ2) is 8.15. The summed E-state index contributed by atoms with van der Waals surface area (Å²) in [5.41, 5.74) is 0. The molecule has 0 bridgehead atoms. The fourth-order valence-electron chi connectivity index (χ4n) is 4.97. The van der Waals surface area contributed by atoms with Gasteiger partial charge < -0.3 is 14.9 Å². The lowest BCUT2D eigenvalue weighted by Crippen LogP contribution is -2.50. The van der Waals surface area contributed by atoms with E-state index in [1.165, 1.54) is 25.7 Å². The number of likely N-dealkylation sites (tertiary alicyclic amines) is 3. The predicted octanol–water partition coefficient (Wildman–Crippen LogP) is 1.55. The molecule has 0 aromatic heterocycles. The zero-order chi connectivity index (χ0) is 17.1. The molecule has 3 saturated heterocycles. The summed E-state index contributed by atoms with van der Waals surface area (Å²) in [6, 6.07) is 0.820. The molecule has 24 heavy (non-hydrogen) atoms. The number of aliphatic hydroxyl groups excluding tert-OH is 1. The Morgan fingerprint density at radius 3 is 2.38 bits per heavy atom. The first-order valence-electron chi connectivity index (χ1n) is 9.96. The summed E-state index contributed by atoms with van der Waals surface area (Å²) in [5, 5.41) is 10.6. The standard InChI is InChI=1S/C19H35N3O2/c1-15-7-11-20(12-8-15)13-17(24)14-21-9-3-5-18(21)19-6-4-10-22(19)16(2)23/h15,17-19,24H,3-14H2,1-2H3. The van der Waals surface area contributed by atoms with Crippen molar-refractivity contribution in [1.29, 1.82) is 0 Å². The molecule has 3 aliphatic rings. The van der Waals surface area contributed by atoms with Crippen molar-refractivity contribution in [2.75, 3.05) is 39.3 Å². The molecule has 1 amide bonds. The largest absolute Gasteiger partial charge is 0.390 e. The highest BCUT2D eigenvalue weighted by atomic mass is 16.3. The smallest absolute Gasteiger partial charge is 0.219 e. The molecule has 1 N–H and O–H groups in total. The summed E-state index contributed by atoms with van der Waals surface area (Å²) in [5.74, 6) is 1.05. The van der Waals surface area contributed by atoms with Crippen LogP contribution in [0.2, 0.25) is 0 Å². The van der Waals surface area contributed by atoms with E-state index in [1.54, 1.807) is 6.92 Å². The van der Waals surface area contributed by atoms with Gasteiger partial charge in [0.05, 0.1) is 6.10 Å². The topological polar surface area (TPSA) is 47.0 Å². The van der Waals surface area contributed by atoms with E-state index < -0.39 is 0 Å². The summed E-state index contributed by atoms with van der Waals surface area (Å²) < 4.78 is 0. The number of piperidine rings is 1. The number of carbonyl (C=O) groups excluding carboxylic acids is 1. The van der Waals surface area contributed by atoms with Gasteiger partial charge in [-0.2, -0.15) is 0 Å². The lowest BCUT2D eigenvalue weighted by molar-refractivity contribution is -0.130. The van der Waals surface area contributed by atoms with Crippen LogP contribution >= 0.6 is 0 Å². The van der Waals surface area contributed by atoms with Gasteiger partial charge in [0.25, 0.3) is 0 Å². The summed E-state index contributed by atoms with van der Waals surface area (Å²) >= 11 is 0. The maximum atomic E-state index is 11.9. The van der Waals surface area contributed by atoms with Crippen molar-refractivity contribution in [2.45, 2.75) is 70.6 Å². The molecule has 3 aliphatic heterocycles. The molecule has 0 spiro atoms. The molecule has 3 atom stereocenters. The first kappa shape index (κ1) is 18.2. The van der Waals surface area contributed by atoms with Crippen molar-refractivity contribution in [3.05, 3.63) is 0 Å². The molecule has 3 heterocycles. The predicted molar refractivity (Wildman–Crippen MR) is 95.8 cm³/mol. The molecule has 138 valence electrons.